The summed E-state index contributed by atoms with van der Waals surface area (Å²) in [6.45, 7) is 4.02. The molecule has 0 radical (unpaired) electrons. The van der Waals surface area contributed by atoms with Gasteiger partial charge in [0.15, 0.2) is 0 Å². The van der Waals surface area contributed by atoms with Crippen molar-refractivity contribution >= 4 is 22.5 Å². The molecule has 2 aromatic heterocycles. The highest BCUT2D eigenvalue weighted by molar-refractivity contribution is 5.85. The molecule has 7 heteroatoms. The minimum Gasteiger partial charge on any atom is -0.497 e. The van der Waals surface area contributed by atoms with Crippen molar-refractivity contribution in [1.29, 1.82) is 0 Å². The van der Waals surface area contributed by atoms with E-state index in [0.29, 0.717) is 11.8 Å². The van der Waals surface area contributed by atoms with Crippen molar-refractivity contribution in [2.45, 2.75) is 31.9 Å². The van der Waals surface area contributed by atoms with E-state index in [1.165, 1.54) is 5.56 Å². The molecule has 2 N–H and O–H groups in total. The summed E-state index contributed by atoms with van der Waals surface area (Å²) in [5.41, 5.74) is 2.18. The molecule has 7 nitrogen and oxygen atoms in total. The normalized spacial score (nSPS) is 25.9. The number of nitrogens with zero attached hydrogens (tertiary/aromatic N) is 4. The van der Waals surface area contributed by atoms with Crippen LogP contribution in [0.25, 0.3) is 10.9 Å². The molecule has 3 heterocycles. The lowest BCUT2D eigenvalue weighted by Gasteiger charge is -2.35. The topological polar surface area (TPSA) is 83.4 Å². The van der Waals surface area contributed by atoms with E-state index in [-0.39, 0.29) is 12.1 Å². The van der Waals surface area contributed by atoms with Gasteiger partial charge in [0.25, 0.3) is 0 Å². The molecule has 30 heavy (non-hydrogen) atoms. The third kappa shape index (κ3) is 3.54. The first-order chi connectivity index (χ1) is 14.6. The van der Waals surface area contributed by atoms with Crippen LogP contribution in [0.15, 0.2) is 42.9 Å². The van der Waals surface area contributed by atoms with Gasteiger partial charge < -0.3 is 20.1 Å². The number of aryl methyl sites for hydroxylation is 1. The number of hydrogen-bond acceptors (Lipinski definition) is 7. The van der Waals surface area contributed by atoms with Gasteiger partial charge in [0.1, 0.15) is 17.4 Å². The van der Waals surface area contributed by atoms with Crippen molar-refractivity contribution < 1.29 is 9.84 Å². The quantitative estimate of drug-likeness (QED) is 0.690. The number of rotatable bonds is 4. The minimum absolute atomic E-state index is 0.00143. The smallest absolute Gasteiger partial charge is 0.144 e. The fraction of sp³-hybridized carbons (Fsp3) is 0.435. The van der Waals surface area contributed by atoms with Gasteiger partial charge in [0.2, 0.25) is 0 Å². The molecule has 0 unspecified atom stereocenters. The zero-order valence-electron chi connectivity index (χ0n) is 17.3. The van der Waals surface area contributed by atoms with Crippen LogP contribution in [0.4, 0.5) is 11.6 Å². The van der Waals surface area contributed by atoms with Crippen LogP contribution in [0.3, 0.4) is 0 Å². The van der Waals surface area contributed by atoms with Gasteiger partial charge in [-0.05, 0) is 55.4 Å². The van der Waals surface area contributed by atoms with E-state index in [4.69, 9.17) is 9.72 Å². The molecule has 5 rings (SSSR count). The predicted octanol–water partition coefficient (Wildman–Crippen LogP) is 3.03. The number of hydrogen-bond donors (Lipinski definition) is 2. The van der Waals surface area contributed by atoms with Crippen LogP contribution in [0.2, 0.25) is 0 Å². The van der Waals surface area contributed by atoms with Crippen molar-refractivity contribution in [3.63, 3.8) is 0 Å². The molecule has 1 saturated carbocycles. The van der Waals surface area contributed by atoms with Crippen LogP contribution in [-0.2, 0) is 0 Å². The number of pyridine rings is 1. The summed E-state index contributed by atoms with van der Waals surface area (Å²) in [7, 11) is 1.68. The van der Waals surface area contributed by atoms with Crippen molar-refractivity contribution in [2.24, 2.45) is 11.8 Å². The van der Waals surface area contributed by atoms with Crippen molar-refractivity contribution in [3.8, 4) is 5.75 Å². The molecule has 4 atom stereocenters. The molecule has 2 aliphatic rings. The third-order valence-corrected chi connectivity index (χ3v) is 6.57. The highest BCUT2D eigenvalue weighted by Gasteiger charge is 2.42. The maximum atomic E-state index is 10.7. The third-order valence-electron chi connectivity index (χ3n) is 6.57. The van der Waals surface area contributed by atoms with Gasteiger partial charge in [-0.3, -0.25) is 4.98 Å². The van der Waals surface area contributed by atoms with E-state index in [1.54, 1.807) is 25.7 Å². The van der Waals surface area contributed by atoms with Crippen LogP contribution in [0, 0.1) is 18.8 Å². The molecule has 2 fully saturated rings. The second-order valence-electron chi connectivity index (χ2n) is 8.49. The lowest BCUT2D eigenvalue weighted by Crippen LogP contribution is -2.43. The van der Waals surface area contributed by atoms with Gasteiger partial charge in [-0.1, -0.05) is 0 Å². The van der Waals surface area contributed by atoms with Gasteiger partial charge in [0, 0.05) is 36.9 Å². The van der Waals surface area contributed by atoms with Crippen LogP contribution in [-0.4, -0.2) is 52.4 Å². The predicted molar refractivity (Wildman–Crippen MR) is 117 cm³/mol. The standard InChI is InChI=1S/C23H27N5O2/c1-14-7-23(27-19-10-17(30-2)3-4-18(14)19)28-12-15-8-20(21(29)9-16(15)13-28)26-22-11-24-5-6-25-22/h3-7,10-11,15-16,20-21,29H,8-9,12-13H2,1-2H3,(H,25,26)/t15-,16+,20-,21-/m1/s1. The summed E-state index contributed by atoms with van der Waals surface area (Å²) in [5.74, 6) is 3.54. The average Bonchev–Trinajstić information content (AvgIpc) is 3.17. The zero-order valence-corrected chi connectivity index (χ0v) is 17.3. The van der Waals surface area contributed by atoms with E-state index >= 15 is 0 Å². The van der Waals surface area contributed by atoms with E-state index in [0.717, 1.165) is 54.2 Å². The summed E-state index contributed by atoms with van der Waals surface area (Å²) in [4.78, 5) is 15.7. The Morgan fingerprint density at radius 2 is 1.97 bits per heavy atom. The number of benzene rings is 1. The number of aromatic nitrogens is 3. The summed E-state index contributed by atoms with van der Waals surface area (Å²) in [5, 5.41) is 15.2. The number of nitrogens with one attached hydrogen (secondary N) is 1. The molecule has 3 aromatic rings. The number of ether oxygens (including phenoxy) is 1. The first-order valence-electron chi connectivity index (χ1n) is 10.5. The van der Waals surface area contributed by atoms with E-state index in [1.807, 2.05) is 12.1 Å². The molecule has 0 bridgehead atoms. The van der Waals surface area contributed by atoms with Gasteiger partial charge in [-0.25, -0.2) is 9.97 Å². The maximum absolute atomic E-state index is 10.7. The number of anilines is 2. The first kappa shape index (κ1) is 19.1. The maximum Gasteiger partial charge on any atom is 0.144 e. The molecule has 1 saturated heterocycles. The van der Waals surface area contributed by atoms with Crippen molar-refractivity contribution in [1.82, 2.24) is 15.0 Å². The second kappa shape index (κ2) is 7.72. The van der Waals surface area contributed by atoms with Crippen molar-refractivity contribution in [2.75, 3.05) is 30.4 Å². The molecule has 1 aliphatic carbocycles. The van der Waals surface area contributed by atoms with E-state index in [2.05, 4.69) is 39.2 Å². The Morgan fingerprint density at radius 1 is 1.13 bits per heavy atom. The number of aliphatic hydroxyl groups is 1. The summed E-state index contributed by atoms with van der Waals surface area (Å²) >= 11 is 0. The number of aliphatic hydroxyl groups excluding tert-OH is 1. The Labute approximate surface area is 176 Å². The van der Waals surface area contributed by atoms with Gasteiger partial charge >= 0.3 is 0 Å². The fourth-order valence-corrected chi connectivity index (χ4v) is 4.99. The minimum atomic E-state index is -0.385. The Morgan fingerprint density at radius 3 is 2.73 bits per heavy atom. The Balaban J connectivity index is 1.35. The largest absolute Gasteiger partial charge is 0.497 e. The van der Waals surface area contributed by atoms with E-state index < -0.39 is 0 Å². The highest BCUT2D eigenvalue weighted by Crippen LogP contribution is 2.39. The van der Waals surface area contributed by atoms with Gasteiger partial charge in [0.05, 0.1) is 31.0 Å². The molecule has 1 aromatic carbocycles. The summed E-state index contributed by atoms with van der Waals surface area (Å²) in [6, 6.07) is 8.23. The lowest BCUT2D eigenvalue weighted by atomic mass is 9.77. The van der Waals surface area contributed by atoms with E-state index in [9.17, 15) is 5.11 Å². The van der Waals surface area contributed by atoms with Crippen LogP contribution in [0.1, 0.15) is 18.4 Å². The molecule has 0 amide bonds. The fourth-order valence-electron chi connectivity index (χ4n) is 4.99. The SMILES string of the molecule is COc1ccc2c(C)cc(N3C[C@H]4C[C@@H](Nc5cnccn5)[C@H](O)C[C@H]4C3)nc2c1. The van der Waals surface area contributed by atoms with Gasteiger partial charge in [-0.2, -0.15) is 0 Å². The molecular weight excluding hydrogens is 378 g/mol. The average molecular weight is 406 g/mol. The summed E-state index contributed by atoms with van der Waals surface area (Å²) < 4.78 is 5.38. The number of methoxy groups -OCH3 is 1. The second-order valence-corrected chi connectivity index (χ2v) is 8.49. The Kier molecular flexibility index (Phi) is 4.90. The monoisotopic (exact) mass is 405 g/mol. The van der Waals surface area contributed by atoms with Crippen molar-refractivity contribution in [3.05, 3.63) is 48.4 Å². The van der Waals surface area contributed by atoms with Crippen LogP contribution in [0.5, 0.6) is 5.75 Å². The Hall–Kier alpha value is -2.93. The highest BCUT2D eigenvalue weighted by atomic mass is 16.5. The molecule has 156 valence electrons. The van der Waals surface area contributed by atoms with Gasteiger partial charge in [-0.15, -0.1) is 0 Å². The summed E-state index contributed by atoms with van der Waals surface area (Å²) in [6.07, 6.45) is 6.35. The Bertz CT molecular complexity index is 1040. The van der Waals surface area contributed by atoms with Crippen LogP contribution < -0.4 is 15.0 Å². The zero-order chi connectivity index (χ0) is 20.7. The molecule has 0 spiro atoms. The first-order valence-corrected chi connectivity index (χ1v) is 10.5. The lowest BCUT2D eigenvalue weighted by molar-refractivity contribution is 0.0737. The molecule has 1 aliphatic heterocycles. The number of fused-ring (bicyclic) bond motifs is 2. The van der Waals surface area contributed by atoms with Crippen LogP contribution >= 0.6 is 0 Å². The molecular formula is C23H27N5O2.